The maximum atomic E-state index is 13.4. The highest BCUT2D eigenvalue weighted by molar-refractivity contribution is 9.10. The first-order valence-electron chi connectivity index (χ1n) is 6.02. The summed E-state index contributed by atoms with van der Waals surface area (Å²) < 4.78 is 13.9. The summed E-state index contributed by atoms with van der Waals surface area (Å²) in [6.07, 6.45) is 3.85. The number of carbonyl (C=O) groups is 1. The lowest BCUT2D eigenvalue weighted by molar-refractivity contribution is -0.117. The molecule has 1 aromatic rings. The first-order chi connectivity index (χ1) is 8.37. The minimum absolute atomic E-state index is 0.0148. The Kier molecular flexibility index (Phi) is 3.71. The van der Waals surface area contributed by atoms with Gasteiger partial charge in [0.2, 0.25) is 0 Å². The van der Waals surface area contributed by atoms with E-state index < -0.39 is 0 Å². The summed E-state index contributed by atoms with van der Waals surface area (Å²) in [6.45, 7) is 4.19. The lowest BCUT2D eigenvalue weighted by Crippen LogP contribution is -2.22. The Labute approximate surface area is 115 Å². The molecule has 96 valence electrons. The molecule has 1 aliphatic carbocycles. The zero-order valence-corrected chi connectivity index (χ0v) is 12.2. The van der Waals surface area contributed by atoms with Gasteiger partial charge < -0.3 is 0 Å². The van der Waals surface area contributed by atoms with Crippen LogP contribution in [0, 0.1) is 11.2 Å². The maximum Gasteiger partial charge on any atom is 0.156 e. The smallest absolute Gasteiger partial charge is 0.156 e. The number of allylic oxidation sites excluding steroid dienone is 2. The third-order valence-electron chi connectivity index (χ3n) is 3.17. The Bertz CT molecular complexity index is 517. The normalized spacial score (nSPS) is 18.7. The standard InChI is InChI=1S/C15H16BrFO/c1-15(2)8-10(7-12(18)9-15)6-11-4-3-5-13(17)14(11)16/h3-5,7H,6,8-9H2,1-2H3. The molecule has 2 rings (SSSR count). The summed E-state index contributed by atoms with van der Waals surface area (Å²) >= 11 is 3.26. The van der Waals surface area contributed by atoms with Crippen molar-refractivity contribution in [1.82, 2.24) is 0 Å². The van der Waals surface area contributed by atoms with Gasteiger partial charge in [0, 0.05) is 6.42 Å². The number of ketones is 1. The van der Waals surface area contributed by atoms with Crippen molar-refractivity contribution in [2.45, 2.75) is 33.1 Å². The van der Waals surface area contributed by atoms with E-state index in [1.54, 1.807) is 12.1 Å². The molecule has 0 aliphatic heterocycles. The minimum Gasteiger partial charge on any atom is -0.295 e. The third-order valence-corrected chi connectivity index (χ3v) is 4.06. The number of halogens is 2. The summed E-state index contributed by atoms with van der Waals surface area (Å²) in [5.74, 6) is -0.0803. The number of benzene rings is 1. The monoisotopic (exact) mass is 310 g/mol. The molecule has 0 fully saturated rings. The predicted octanol–water partition coefficient (Wildman–Crippen LogP) is 4.45. The van der Waals surface area contributed by atoms with Crippen molar-refractivity contribution in [3.8, 4) is 0 Å². The summed E-state index contributed by atoms with van der Waals surface area (Å²) in [6, 6.07) is 5.02. The molecule has 1 aliphatic rings. The molecule has 0 amide bonds. The lowest BCUT2D eigenvalue weighted by Gasteiger charge is -2.29. The van der Waals surface area contributed by atoms with Gasteiger partial charge in [-0.2, -0.15) is 0 Å². The Morgan fingerprint density at radius 3 is 2.72 bits per heavy atom. The van der Waals surface area contributed by atoms with Crippen LogP contribution in [0.5, 0.6) is 0 Å². The van der Waals surface area contributed by atoms with E-state index in [9.17, 15) is 9.18 Å². The topological polar surface area (TPSA) is 17.1 Å². The van der Waals surface area contributed by atoms with Crippen LogP contribution < -0.4 is 0 Å². The molecule has 0 bridgehead atoms. The second-order valence-corrected chi connectivity index (χ2v) is 6.47. The molecule has 0 heterocycles. The molecule has 0 saturated carbocycles. The Hall–Kier alpha value is -0.960. The molecular weight excluding hydrogens is 295 g/mol. The van der Waals surface area contributed by atoms with Crippen molar-refractivity contribution in [3.63, 3.8) is 0 Å². The molecule has 0 radical (unpaired) electrons. The van der Waals surface area contributed by atoms with Crippen LogP contribution in [0.15, 0.2) is 34.3 Å². The van der Waals surface area contributed by atoms with Crippen molar-refractivity contribution >= 4 is 21.7 Å². The van der Waals surface area contributed by atoms with Crippen molar-refractivity contribution in [2.75, 3.05) is 0 Å². The Morgan fingerprint density at radius 2 is 2.06 bits per heavy atom. The number of rotatable bonds is 2. The van der Waals surface area contributed by atoms with Gasteiger partial charge in [0.05, 0.1) is 4.47 Å². The van der Waals surface area contributed by atoms with Crippen molar-refractivity contribution in [1.29, 1.82) is 0 Å². The molecule has 0 aromatic heterocycles. The fraction of sp³-hybridized carbons (Fsp3) is 0.400. The second kappa shape index (κ2) is 4.96. The van der Waals surface area contributed by atoms with Gasteiger partial charge in [-0.15, -0.1) is 0 Å². The highest BCUT2D eigenvalue weighted by Crippen LogP contribution is 2.35. The van der Waals surface area contributed by atoms with Gasteiger partial charge in [-0.1, -0.05) is 31.6 Å². The highest BCUT2D eigenvalue weighted by atomic mass is 79.9. The van der Waals surface area contributed by atoms with Crippen LogP contribution in [0.25, 0.3) is 0 Å². The van der Waals surface area contributed by atoms with Crippen LogP contribution in [-0.4, -0.2) is 5.78 Å². The van der Waals surface area contributed by atoms with Gasteiger partial charge >= 0.3 is 0 Å². The van der Waals surface area contributed by atoms with Gasteiger partial charge in [0.15, 0.2) is 5.78 Å². The van der Waals surface area contributed by atoms with Gasteiger partial charge in [0.1, 0.15) is 5.82 Å². The summed E-state index contributed by atoms with van der Waals surface area (Å²) in [7, 11) is 0. The van der Waals surface area contributed by atoms with Crippen molar-refractivity contribution in [2.24, 2.45) is 5.41 Å². The van der Waals surface area contributed by atoms with Crippen LogP contribution in [0.4, 0.5) is 4.39 Å². The molecule has 18 heavy (non-hydrogen) atoms. The molecule has 1 aromatic carbocycles. The maximum absolute atomic E-state index is 13.4. The molecule has 0 spiro atoms. The molecule has 1 nitrogen and oxygen atoms in total. The zero-order valence-electron chi connectivity index (χ0n) is 10.6. The number of hydrogen-bond acceptors (Lipinski definition) is 1. The first kappa shape index (κ1) is 13.5. The fourth-order valence-electron chi connectivity index (χ4n) is 2.52. The van der Waals surface area contributed by atoms with Crippen LogP contribution >= 0.6 is 15.9 Å². The van der Waals surface area contributed by atoms with E-state index in [1.165, 1.54) is 6.07 Å². The van der Waals surface area contributed by atoms with E-state index in [2.05, 4.69) is 29.8 Å². The molecule has 0 atom stereocenters. The lowest BCUT2D eigenvalue weighted by atomic mass is 9.75. The average molecular weight is 311 g/mol. The van der Waals surface area contributed by atoms with Crippen LogP contribution in [0.3, 0.4) is 0 Å². The largest absolute Gasteiger partial charge is 0.295 e. The van der Waals surface area contributed by atoms with E-state index in [-0.39, 0.29) is 17.0 Å². The van der Waals surface area contributed by atoms with Crippen molar-refractivity contribution < 1.29 is 9.18 Å². The SMILES string of the molecule is CC1(C)CC(=O)C=C(Cc2cccc(F)c2Br)C1. The molecule has 0 saturated heterocycles. The van der Waals surface area contributed by atoms with E-state index in [0.717, 1.165) is 17.6 Å². The Balaban J connectivity index is 2.24. The van der Waals surface area contributed by atoms with Gasteiger partial charge in [0.25, 0.3) is 0 Å². The van der Waals surface area contributed by atoms with Crippen LogP contribution in [-0.2, 0) is 11.2 Å². The average Bonchev–Trinajstić information content (AvgIpc) is 2.22. The van der Waals surface area contributed by atoms with Gasteiger partial charge in [-0.25, -0.2) is 4.39 Å². The molecule has 0 N–H and O–H groups in total. The predicted molar refractivity (Wildman–Crippen MR) is 73.9 cm³/mol. The van der Waals surface area contributed by atoms with E-state index >= 15 is 0 Å². The zero-order chi connectivity index (χ0) is 13.3. The highest BCUT2D eigenvalue weighted by Gasteiger charge is 2.27. The van der Waals surface area contributed by atoms with Gasteiger partial charge in [-0.05, 0) is 51.9 Å². The van der Waals surface area contributed by atoms with E-state index in [4.69, 9.17) is 0 Å². The summed E-state index contributed by atoms with van der Waals surface area (Å²) in [5, 5.41) is 0. The van der Waals surface area contributed by atoms with Gasteiger partial charge in [-0.3, -0.25) is 4.79 Å². The second-order valence-electron chi connectivity index (χ2n) is 5.68. The quantitative estimate of drug-likeness (QED) is 0.789. The van der Waals surface area contributed by atoms with Crippen LogP contribution in [0.2, 0.25) is 0 Å². The van der Waals surface area contributed by atoms with Crippen LogP contribution in [0.1, 0.15) is 32.3 Å². The number of hydrogen-bond donors (Lipinski definition) is 0. The third kappa shape index (κ3) is 3.08. The summed E-state index contributed by atoms with van der Waals surface area (Å²) in [4.78, 5) is 11.7. The fourth-order valence-corrected chi connectivity index (χ4v) is 2.93. The molecular formula is C15H16BrFO. The van der Waals surface area contributed by atoms with Crippen molar-refractivity contribution in [3.05, 3.63) is 45.7 Å². The summed E-state index contributed by atoms with van der Waals surface area (Å²) in [5.41, 5.74) is 2.00. The minimum atomic E-state index is -0.255. The Morgan fingerprint density at radius 1 is 1.33 bits per heavy atom. The molecule has 0 unspecified atom stereocenters. The molecule has 3 heteroatoms. The van der Waals surface area contributed by atoms with E-state index in [0.29, 0.717) is 17.3 Å². The number of carbonyl (C=O) groups excluding carboxylic acids is 1. The first-order valence-corrected chi connectivity index (χ1v) is 6.82. The van der Waals surface area contributed by atoms with E-state index in [1.807, 2.05) is 6.07 Å².